The fraction of sp³-hybridized carbons (Fsp3) is 0.429. The first-order chi connectivity index (χ1) is 7.97. The van der Waals surface area contributed by atoms with Crippen molar-refractivity contribution < 1.29 is 0 Å². The molecule has 0 aromatic heterocycles. The second-order valence-electron chi connectivity index (χ2n) is 4.04. The lowest BCUT2D eigenvalue weighted by molar-refractivity contribution is 0.713. The van der Waals surface area contributed by atoms with Gasteiger partial charge < -0.3 is 5.73 Å². The minimum atomic E-state index is 0.305. The van der Waals surface area contributed by atoms with Crippen LogP contribution in [0.4, 0.5) is 0 Å². The summed E-state index contributed by atoms with van der Waals surface area (Å²) >= 11 is 0. The van der Waals surface area contributed by atoms with Gasteiger partial charge in [0.05, 0.1) is 5.84 Å². The van der Waals surface area contributed by atoms with Gasteiger partial charge in [0.25, 0.3) is 0 Å². The highest BCUT2D eigenvalue weighted by Crippen LogP contribution is 2.10. The standard InChI is InChI=1S/C14H23N3/c1-6-7-8-9-11(2)12(3)10-16-14(5)17-13(4)15/h6,8-9,12H,1-2,7,10H2,3-5H3,(H2,15,16,17). The Morgan fingerprint density at radius 3 is 2.59 bits per heavy atom. The van der Waals surface area contributed by atoms with Crippen molar-refractivity contribution in [2.24, 2.45) is 21.6 Å². The van der Waals surface area contributed by atoms with Gasteiger partial charge in [0.15, 0.2) is 0 Å². The summed E-state index contributed by atoms with van der Waals surface area (Å²) in [6.45, 7) is 14.0. The molecule has 1 unspecified atom stereocenters. The third-order valence-corrected chi connectivity index (χ3v) is 2.20. The average molecular weight is 233 g/mol. The van der Waals surface area contributed by atoms with Gasteiger partial charge in [-0.2, -0.15) is 0 Å². The Kier molecular flexibility index (Phi) is 7.68. The molecule has 17 heavy (non-hydrogen) atoms. The van der Waals surface area contributed by atoms with E-state index in [0.29, 0.717) is 24.1 Å². The average Bonchev–Trinajstić information content (AvgIpc) is 2.25. The van der Waals surface area contributed by atoms with E-state index in [2.05, 4.69) is 30.1 Å². The Morgan fingerprint density at radius 2 is 2.06 bits per heavy atom. The zero-order valence-electron chi connectivity index (χ0n) is 11.1. The van der Waals surface area contributed by atoms with Gasteiger partial charge in [-0.1, -0.05) is 37.3 Å². The van der Waals surface area contributed by atoms with Crippen LogP contribution in [-0.4, -0.2) is 18.2 Å². The Labute approximate surface area is 105 Å². The van der Waals surface area contributed by atoms with E-state index in [9.17, 15) is 0 Å². The van der Waals surface area contributed by atoms with Crippen molar-refractivity contribution in [2.75, 3.05) is 6.54 Å². The second-order valence-corrected chi connectivity index (χ2v) is 4.04. The largest absolute Gasteiger partial charge is 0.387 e. The molecule has 0 fully saturated rings. The van der Waals surface area contributed by atoms with Gasteiger partial charge in [-0.05, 0) is 20.3 Å². The molecule has 0 saturated carbocycles. The molecule has 3 heteroatoms. The highest BCUT2D eigenvalue weighted by molar-refractivity contribution is 5.93. The zero-order valence-corrected chi connectivity index (χ0v) is 11.1. The molecular weight excluding hydrogens is 210 g/mol. The molecule has 0 spiro atoms. The molecule has 0 aliphatic carbocycles. The SMILES string of the molecule is C=CCC=CC(=C)C(C)CN=C(C)N=C(C)N. The summed E-state index contributed by atoms with van der Waals surface area (Å²) in [6.07, 6.45) is 6.79. The molecule has 0 saturated heterocycles. The highest BCUT2D eigenvalue weighted by atomic mass is 14.9. The van der Waals surface area contributed by atoms with E-state index < -0.39 is 0 Å². The first-order valence-corrected chi connectivity index (χ1v) is 5.75. The van der Waals surface area contributed by atoms with Gasteiger partial charge in [0, 0.05) is 12.5 Å². The van der Waals surface area contributed by atoms with Crippen LogP contribution in [0.1, 0.15) is 27.2 Å². The molecular formula is C14H23N3. The minimum Gasteiger partial charge on any atom is -0.387 e. The number of amidine groups is 2. The van der Waals surface area contributed by atoms with Crippen molar-refractivity contribution in [2.45, 2.75) is 27.2 Å². The van der Waals surface area contributed by atoms with Gasteiger partial charge in [-0.3, -0.25) is 4.99 Å². The molecule has 2 N–H and O–H groups in total. The summed E-state index contributed by atoms with van der Waals surface area (Å²) in [5, 5.41) is 0. The fourth-order valence-corrected chi connectivity index (χ4v) is 1.16. The quantitative estimate of drug-likeness (QED) is 0.326. The molecule has 1 atom stereocenters. The molecule has 0 radical (unpaired) electrons. The molecule has 0 aromatic rings. The molecule has 0 aromatic carbocycles. The predicted octanol–water partition coefficient (Wildman–Crippen LogP) is 3.11. The Bertz CT molecular complexity index is 344. The number of allylic oxidation sites excluding steroid dienone is 3. The number of hydrogen-bond acceptors (Lipinski definition) is 1. The monoisotopic (exact) mass is 233 g/mol. The Morgan fingerprint density at radius 1 is 1.41 bits per heavy atom. The summed E-state index contributed by atoms with van der Waals surface area (Å²) in [6, 6.07) is 0. The van der Waals surface area contributed by atoms with Crippen molar-refractivity contribution in [1.82, 2.24) is 0 Å². The third kappa shape index (κ3) is 8.20. The Hall–Kier alpha value is -1.64. The van der Waals surface area contributed by atoms with Crippen molar-refractivity contribution in [3.05, 3.63) is 37.0 Å². The van der Waals surface area contributed by atoms with Gasteiger partial charge in [0.2, 0.25) is 0 Å². The highest BCUT2D eigenvalue weighted by Gasteiger charge is 2.02. The lowest BCUT2D eigenvalue weighted by Crippen LogP contribution is -2.09. The maximum atomic E-state index is 5.47. The first-order valence-electron chi connectivity index (χ1n) is 5.75. The van der Waals surface area contributed by atoms with Crippen LogP contribution in [0.2, 0.25) is 0 Å². The number of nitrogens with zero attached hydrogens (tertiary/aromatic N) is 2. The summed E-state index contributed by atoms with van der Waals surface area (Å²) in [4.78, 5) is 8.42. The summed E-state index contributed by atoms with van der Waals surface area (Å²) in [7, 11) is 0. The van der Waals surface area contributed by atoms with E-state index in [1.165, 1.54) is 0 Å². The van der Waals surface area contributed by atoms with Crippen molar-refractivity contribution in [1.29, 1.82) is 0 Å². The van der Waals surface area contributed by atoms with E-state index in [4.69, 9.17) is 5.73 Å². The van der Waals surface area contributed by atoms with Gasteiger partial charge in [-0.15, -0.1) is 6.58 Å². The molecule has 94 valence electrons. The fourth-order valence-electron chi connectivity index (χ4n) is 1.16. The van der Waals surface area contributed by atoms with Crippen LogP contribution in [0, 0.1) is 5.92 Å². The summed E-state index contributed by atoms with van der Waals surface area (Å²) in [5.74, 6) is 1.54. The topological polar surface area (TPSA) is 50.7 Å². The van der Waals surface area contributed by atoms with Gasteiger partial charge in [-0.25, -0.2) is 4.99 Å². The van der Waals surface area contributed by atoms with E-state index in [-0.39, 0.29) is 0 Å². The Balaban J connectivity index is 4.26. The lowest BCUT2D eigenvalue weighted by Gasteiger charge is -2.08. The van der Waals surface area contributed by atoms with E-state index in [1.54, 1.807) is 6.92 Å². The van der Waals surface area contributed by atoms with Crippen molar-refractivity contribution in [3.8, 4) is 0 Å². The van der Waals surface area contributed by atoms with Crippen molar-refractivity contribution >= 4 is 11.7 Å². The van der Waals surface area contributed by atoms with Crippen LogP contribution in [-0.2, 0) is 0 Å². The van der Waals surface area contributed by atoms with E-state index in [1.807, 2.05) is 25.2 Å². The van der Waals surface area contributed by atoms with Crippen LogP contribution in [0.3, 0.4) is 0 Å². The van der Waals surface area contributed by atoms with E-state index >= 15 is 0 Å². The normalized spacial score (nSPS) is 15.0. The minimum absolute atomic E-state index is 0.305. The van der Waals surface area contributed by atoms with Crippen LogP contribution in [0.5, 0.6) is 0 Å². The number of rotatable bonds is 6. The van der Waals surface area contributed by atoms with Crippen LogP contribution >= 0.6 is 0 Å². The van der Waals surface area contributed by atoms with Crippen LogP contribution < -0.4 is 5.73 Å². The lowest BCUT2D eigenvalue weighted by atomic mass is 10.0. The maximum Gasteiger partial charge on any atom is 0.122 e. The molecule has 0 amide bonds. The van der Waals surface area contributed by atoms with Gasteiger partial charge >= 0.3 is 0 Å². The number of aliphatic imine (C=N–C) groups is 2. The molecule has 0 aliphatic heterocycles. The summed E-state index contributed by atoms with van der Waals surface area (Å²) in [5.41, 5.74) is 6.54. The molecule has 0 bridgehead atoms. The number of hydrogen-bond donors (Lipinski definition) is 1. The maximum absolute atomic E-state index is 5.47. The molecule has 0 aliphatic rings. The first kappa shape index (κ1) is 15.4. The molecule has 0 heterocycles. The predicted molar refractivity (Wildman–Crippen MR) is 77.5 cm³/mol. The molecule has 3 nitrogen and oxygen atoms in total. The van der Waals surface area contributed by atoms with Gasteiger partial charge in [0.1, 0.15) is 5.84 Å². The number of nitrogens with two attached hydrogens (primary N) is 1. The van der Waals surface area contributed by atoms with Crippen molar-refractivity contribution in [3.63, 3.8) is 0 Å². The van der Waals surface area contributed by atoms with E-state index in [0.717, 1.165) is 12.0 Å². The molecule has 0 rings (SSSR count). The smallest absolute Gasteiger partial charge is 0.122 e. The third-order valence-electron chi connectivity index (χ3n) is 2.20. The zero-order chi connectivity index (χ0) is 13.3. The second kappa shape index (κ2) is 8.50. The van der Waals surface area contributed by atoms with Crippen LogP contribution in [0.25, 0.3) is 0 Å². The van der Waals surface area contributed by atoms with Crippen LogP contribution in [0.15, 0.2) is 46.9 Å². The summed E-state index contributed by atoms with van der Waals surface area (Å²) < 4.78 is 0.